The first kappa shape index (κ1) is 12.0. The van der Waals surface area contributed by atoms with Gasteiger partial charge in [0.1, 0.15) is 0 Å². The Hall–Kier alpha value is -0.0400. The van der Waals surface area contributed by atoms with E-state index in [2.05, 4.69) is 46.9 Å². The minimum atomic E-state index is 0.415. The van der Waals surface area contributed by atoms with Crippen LogP contribution in [0.15, 0.2) is 0 Å². The third-order valence-electron chi connectivity index (χ3n) is 1.71. The Kier molecular flexibility index (Phi) is 4.25. The Morgan fingerprint density at radius 2 is 1.33 bits per heavy atom. The molecule has 0 radical (unpaired) electrons. The van der Waals surface area contributed by atoms with Crippen molar-refractivity contribution in [2.24, 2.45) is 10.8 Å². The molecule has 0 aliphatic rings. The number of nitrogens with one attached hydrogen (secondary N) is 1. The van der Waals surface area contributed by atoms with Gasteiger partial charge in [0.2, 0.25) is 0 Å². The van der Waals surface area contributed by atoms with Gasteiger partial charge in [0.05, 0.1) is 0 Å². The van der Waals surface area contributed by atoms with Crippen LogP contribution in [0.2, 0.25) is 0 Å². The molecule has 0 atom stereocenters. The summed E-state index contributed by atoms with van der Waals surface area (Å²) in [6.45, 7) is 15.9. The van der Waals surface area contributed by atoms with E-state index in [4.69, 9.17) is 0 Å². The van der Waals surface area contributed by atoms with E-state index >= 15 is 0 Å². The Bertz CT molecular complexity index is 97.9. The smallest absolute Gasteiger partial charge is 0.0000122 e. The van der Waals surface area contributed by atoms with Crippen LogP contribution in [0, 0.1) is 10.8 Å². The molecule has 1 nitrogen and oxygen atoms in total. The molecule has 12 heavy (non-hydrogen) atoms. The average molecular weight is 171 g/mol. The summed E-state index contributed by atoms with van der Waals surface area (Å²) in [7, 11) is 0. The third kappa shape index (κ3) is 9.96. The molecule has 0 saturated carbocycles. The molecule has 1 N–H and O–H groups in total. The lowest BCUT2D eigenvalue weighted by atomic mass is 9.92. The molecule has 0 aromatic heterocycles. The second kappa shape index (κ2) is 4.27. The first-order chi connectivity index (χ1) is 5.21. The van der Waals surface area contributed by atoms with Crippen LogP contribution in [-0.4, -0.2) is 13.1 Å². The highest BCUT2D eigenvalue weighted by Crippen LogP contribution is 2.17. The fourth-order valence-corrected chi connectivity index (χ4v) is 0.927. The van der Waals surface area contributed by atoms with E-state index in [0.29, 0.717) is 10.8 Å². The maximum absolute atomic E-state index is 3.48. The molecule has 0 amide bonds. The van der Waals surface area contributed by atoms with E-state index in [0.717, 1.165) is 13.1 Å². The summed E-state index contributed by atoms with van der Waals surface area (Å²) >= 11 is 0. The van der Waals surface area contributed by atoms with Crippen molar-refractivity contribution in [1.82, 2.24) is 5.32 Å². The van der Waals surface area contributed by atoms with Gasteiger partial charge < -0.3 is 5.32 Å². The van der Waals surface area contributed by atoms with Gasteiger partial charge in [-0.2, -0.15) is 0 Å². The molecule has 0 saturated heterocycles. The van der Waals surface area contributed by atoms with Gasteiger partial charge in [-0.15, -0.1) is 0 Å². The summed E-state index contributed by atoms with van der Waals surface area (Å²) in [6, 6.07) is 0. The van der Waals surface area contributed by atoms with Gasteiger partial charge in [0, 0.05) is 0 Å². The maximum atomic E-state index is 3.48. The van der Waals surface area contributed by atoms with Gasteiger partial charge in [-0.25, -0.2) is 0 Å². The van der Waals surface area contributed by atoms with Crippen LogP contribution < -0.4 is 5.32 Å². The van der Waals surface area contributed by atoms with Crippen LogP contribution in [0.1, 0.15) is 48.0 Å². The predicted octanol–water partition coefficient (Wildman–Crippen LogP) is 3.06. The highest BCUT2D eigenvalue weighted by atomic mass is 14.9. The molecule has 0 aliphatic carbocycles. The van der Waals surface area contributed by atoms with Crippen molar-refractivity contribution in [1.29, 1.82) is 0 Å². The summed E-state index contributed by atoms with van der Waals surface area (Å²) < 4.78 is 0. The fourth-order valence-electron chi connectivity index (χ4n) is 0.927. The molecule has 0 aromatic rings. The van der Waals surface area contributed by atoms with Crippen molar-refractivity contribution in [3.8, 4) is 0 Å². The minimum absolute atomic E-state index is 0.415. The summed E-state index contributed by atoms with van der Waals surface area (Å²) in [6.07, 6.45) is 1.25. The molecule has 0 heterocycles. The standard InChI is InChI=1S/C11H25N/c1-10(2,3)7-8-12-9-11(4,5)6/h12H,7-9H2,1-6H3. The van der Waals surface area contributed by atoms with E-state index in [-0.39, 0.29) is 0 Å². The highest BCUT2D eigenvalue weighted by Gasteiger charge is 2.11. The van der Waals surface area contributed by atoms with Crippen LogP contribution in [0.25, 0.3) is 0 Å². The lowest BCUT2D eigenvalue weighted by molar-refractivity contribution is 0.333. The number of hydrogen-bond donors (Lipinski definition) is 1. The lowest BCUT2D eigenvalue weighted by Crippen LogP contribution is -2.29. The first-order valence-electron chi connectivity index (χ1n) is 4.91. The second-order valence-electron chi connectivity index (χ2n) is 6.05. The Morgan fingerprint density at radius 1 is 0.833 bits per heavy atom. The number of rotatable bonds is 3. The Morgan fingerprint density at radius 3 is 1.67 bits per heavy atom. The predicted molar refractivity (Wildman–Crippen MR) is 56.4 cm³/mol. The van der Waals surface area contributed by atoms with Crippen LogP contribution in [0.4, 0.5) is 0 Å². The van der Waals surface area contributed by atoms with Crippen molar-refractivity contribution >= 4 is 0 Å². The average Bonchev–Trinajstić information content (AvgIpc) is 1.76. The summed E-state index contributed by atoms with van der Waals surface area (Å²) in [5.41, 5.74) is 0.878. The first-order valence-corrected chi connectivity index (χ1v) is 4.91. The molecule has 0 spiro atoms. The van der Waals surface area contributed by atoms with Crippen LogP contribution >= 0.6 is 0 Å². The Balaban J connectivity index is 3.35. The monoisotopic (exact) mass is 171 g/mol. The third-order valence-corrected chi connectivity index (χ3v) is 1.71. The molecule has 0 fully saturated rings. The normalized spacial score (nSPS) is 13.5. The summed E-state index contributed by atoms with van der Waals surface area (Å²) in [5.74, 6) is 0. The molecule has 74 valence electrons. The van der Waals surface area contributed by atoms with E-state index in [1.54, 1.807) is 0 Å². The topological polar surface area (TPSA) is 12.0 Å². The van der Waals surface area contributed by atoms with E-state index in [1.165, 1.54) is 6.42 Å². The van der Waals surface area contributed by atoms with Gasteiger partial charge in [0.25, 0.3) is 0 Å². The largest absolute Gasteiger partial charge is 0.316 e. The molecule has 0 aromatic carbocycles. The van der Waals surface area contributed by atoms with E-state index in [1.807, 2.05) is 0 Å². The van der Waals surface area contributed by atoms with Crippen molar-refractivity contribution in [3.05, 3.63) is 0 Å². The van der Waals surface area contributed by atoms with Gasteiger partial charge in [0.15, 0.2) is 0 Å². The zero-order chi connectivity index (χ0) is 9.83. The summed E-state index contributed by atoms with van der Waals surface area (Å²) in [5, 5.41) is 3.48. The fraction of sp³-hybridized carbons (Fsp3) is 1.00. The summed E-state index contributed by atoms with van der Waals surface area (Å²) in [4.78, 5) is 0. The van der Waals surface area contributed by atoms with Crippen molar-refractivity contribution < 1.29 is 0 Å². The highest BCUT2D eigenvalue weighted by molar-refractivity contribution is 4.67. The molecule has 0 bridgehead atoms. The quantitative estimate of drug-likeness (QED) is 0.644. The van der Waals surface area contributed by atoms with E-state index < -0.39 is 0 Å². The van der Waals surface area contributed by atoms with Gasteiger partial charge in [-0.05, 0) is 30.3 Å². The van der Waals surface area contributed by atoms with Gasteiger partial charge in [-0.3, -0.25) is 0 Å². The molecular formula is C11H25N. The lowest BCUT2D eigenvalue weighted by Gasteiger charge is -2.22. The molecule has 0 rings (SSSR count). The SMILES string of the molecule is CC(C)(C)CCNCC(C)(C)C. The number of hydrogen-bond acceptors (Lipinski definition) is 1. The zero-order valence-corrected chi connectivity index (χ0v) is 9.62. The zero-order valence-electron chi connectivity index (χ0n) is 9.62. The van der Waals surface area contributed by atoms with Crippen LogP contribution in [-0.2, 0) is 0 Å². The van der Waals surface area contributed by atoms with Crippen molar-refractivity contribution in [2.75, 3.05) is 13.1 Å². The van der Waals surface area contributed by atoms with Crippen LogP contribution in [0.5, 0.6) is 0 Å². The maximum Gasteiger partial charge on any atom is -0.0000122 e. The molecule has 0 unspecified atom stereocenters. The second-order valence-corrected chi connectivity index (χ2v) is 6.05. The van der Waals surface area contributed by atoms with Gasteiger partial charge >= 0.3 is 0 Å². The molecule has 0 aliphatic heterocycles. The minimum Gasteiger partial charge on any atom is -0.316 e. The van der Waals surface area contributed by atoms with Crippen molar-refractivity contribution in [3.63, 3.8) is 0 Å². The molecule has 1 heteroatoms. The molecular weight excluding hydrogens is 146 g/mol. The van der Waals surface area contributed by atoms with Gasteiger partial charge in [-0.1, -0.05) is 41.5 Å². The van der Waals surface area contributed by atoms with Crippen molar-refractivity contribution in [2.45, 2.75) is 48.0 Å². The Labute approximate surface area is 77.9 Å². The van der Waals surface area contributed by atoms with E-state index in [9.17, 15) is 0 Å². The van der Waals surface area contributed by atoms with Crippen LogP contribution in [0.3, 0.4) is 0 Å².